The molecule has 3 rings (SSSR count). The summed E-state index contributed by atoms with van der Waals surface area (Å²) in [5, 5.41) is 5.31. The second-order valence-electron chi connectivity index (χ2n) is 5.70. The molecular formula is C18H18FN3O2. The van der Waals surface area contributed by atoms with Crippen LogP contribution in [0, 0.1) is 5.82 Å². The number of benzene rings is 2. The summed E-state index contributed by atoms with van der Waals surface area (Å²) < 4.78 is 20.6. The summed E-state index contributed by atoms with van der Waals surface area (Å²) >= 11 is 0. The van der Waals surface area contributed by atoms with Crippen molar-refractivity contribution in [1.29, 1.82) is 0 Å². The highest BCUT2D eigenvalue weighted by Crippen LogP contribution is 2.27. The zero-order valence-corrected chi connectivity index (χ0v) is 13.5. The third-order valence-corrected chi connectivity index (χ3v) is 3.78. The lowest BCUT2D eigenvalue weighted by Crippen LogP contribution is -2.07. The fourth-order valence-electron chi connectivity index (χ4n) is 2.69. The van der Waals surface area contributed by atoms with Gasteiger partial charge in [0.25, 0.3) is 0 Å². The van der Waals surface area contributed by atoms with Crippen LogP contribution in [0.2, 0.25) is 0 Å². The molecule has 0 aliphatic carbocycles. The van der Waals surface area contributed by atoms with Gasteiger partial charge >= 0.3 is 5.97 Å². The van der Waals surface area contributed by atoms with E-state index in [1.807, 2.05) is 24.3 Å². The number of fused-ring (bicyclic) bond motifs is 1. The summed E-state index contributed by atoms with van der Waals surface area (Å²) in [6.45, 7) is 3.57. The van der Waals surface area contributed by atoms with Crippen LogP contribution in [-0.2, 0) is 16.1 Å². The van der Waals surface area contributed by atoms with E-state index >= 15 is 0 Å². The van der Waals surface area contributed by atoms with Gasteiger partial charge in [-0.25, -0.2) is 4.39 Å². The third kappa shape index (κ3) is 3.22. The Hall–Kier alpha value is -2.89. The number of hydrogen-bond donors (Lipinski definition) is 1. The predicted octanol–water partition coefficient (Wildman–Crippen LogP) is 3.43. The standard InChI is InChI=1S/C18H18FN3O2/c1-11(24-12(2)23)18-16-8-5-14(19)9-17(16)22(21-18)10-13-3-6-15(20)7-4-13/h3-9,11H,10,20H2,1-2H3. The fraction of sp³-hybridized carbons (Fsp3) is 0.222. The highest BCUT2D eigenvalue weighted by molar-refractivity contribution is 5.82. The van der Waals surface area contributed by atoms with Gasteiger partial charge in [-0.05, 0) is 42.8 Å². The molecule has 0 spiro atoms. The molecule has 0 amide bonds. The van der Waals surface area contributed by atoms with Gasteiger partial charge in [0.05, 0.1) is 12.1 Å². The van der Waals surface area contributed by atoms with E-state index in [4.69, 9.17) is 10.5 Å². The molecule has 0 aliphatic heterocycles. The fourth-order valence-corrected chi connectivity index (χ4v) is 2.69. The first-order chi connectivity index (χ1) is 11.4. The number of esters is 1. The van der Waals surface area contributed by atoms with Gasteiger partial charge in [-0.2, -0.15) is 5.10 Å². The second-order valence-corrected chi connectivity index (χ2v) is 5.70. The van der Waals surface area contributed by atoms with Gasteiger partial charge < -0.3 is 10.5 Å². The number of nitrogens with two attached hydrogens (primary N) is 1. The van der Waals surface area contributed by atoms with Gasteiger partial charge in [0, 0.05) is 18.0 Å². The van der Waals surface area contributed by atoms with Crippen molar-refractivity contribution in [2.45, 2.75) is 26.5 Å². The summed E-state index contributed by atoms with van der Waals surface area (Å²) in [5.41, 5.74) is 8.63. The molecule has 1 aromatic heterocycles. The van der Waals surface area contributed by atoms with Gasteiger partial charge in [-0.1, -0.05) is 12.1 Å². The molecule has 0 aliphatic rings. The lowest BCUT2D eigenvalue weighted by Gasteiger charge is -2.09. The Morgan fingerprint density at radius 1 is 1.29 bits per heavy atom. The second kappa shape index (κ2) is 6.31. The van der Waals surface area contributed by atoms with Crippen molar-refractivity contribution < 1.29 is 13.9 Å². The summed E-state index contributed by atoms with van der Waals surface area (Å²) in [4.78, 5) is 11.2. The van der Waals surface area contributed by atoms with Gasteiger partial charge in [0.1, 0.15) is 17.6 Å². The smallest absolute Gasteiger partial charge is 0.303 e. The molecule has 0 fully saturated rings. The Labute approximate surface area is 138 Å². The summed E-state index contributed by atoms with van der Waals surface area (Å²) in [6, 6.07) is 11.9. The van der Waals surface area contributed by atoms with E-state index in [1.54, 1.807) is 17.7 Å². The van der Waals surface area contributed by atoms with Crippen LogP contribution in [0.15, 0.2) is 42.5 Å². The average Bonchev–Trinajstić information content (AvgIpc) is 2.87. The Morgan fingerprint density at radius 2 is 2.00 bits per heavy atom. The van der Waals surface area contributed by atoms with Crippen LogP contribution in [0.4, 0.5) is 10.1 Å². The first-order valence-corrected chi connectivity index (χ1v) is 7.61. The largest absolute Gasteiger partial charge is 0.456 e. The van der Waals surface area contributed by atoms with Crippen LogP contribution in [0.25, 0.3) is 10.9 Å². The lowest BCUT2D eigenvalue weighted by molar-refractivity contribution is -0.145. The highest BCUT2D eigenvalue weighted by atomic mass is 19.1. The van der Waals surface area contributed by atoms with E-state index in [-0.39, 0.29) is 11.8 Å². The van der Waals surface area contributed by atoms with Crippen molar-refractivity contribution in [3.63, 3.8) is 0 Å². The van der Waals surface area contributed by atoms with E-state index in [1.165, 1.54) is 19.1 Å². The van der Waals surface area contributed by atoms with Crippen LogP contribution in [-0.4, -0.2) is 15.7 Å². The lowest BCUT2D eigenvalue weighted by atomic mass is 10.1. The quantitative estimate of drug-likeness (QED) is 0.589. The minimum Gasteiger partial charge on any atom is -0.456 e. The molecule has 1 unspecified atom stereocenters. The van der Waals surface area contributed by atoms with Crippen molar-refractivity contribution in [1.82, 2.24) is 9.78 Å². The number of hydrogen-bond acceptors (Lipinski definition) is 4. The molecule has 0 bridgehead atoms. The number of anilines is 1. The number of halogens is 1. The van der Waals surface area contributed by atoms with Crippen LogP contribution in [0.1, 0.15) is 31.2 Å². The number of carbonyl (C=O) groups excluding carboxylic acids is 1. The van der Waals surface area contributed by atoms with Crippen LogP contribution < -0.4 is 5.73 Å². The van der Waals surface area contributed by atoms with E-state index in [0.717, 1.165) is 10.9 Å². The maximum atomic E-state index is 13.7. The van der Waals surface area contributed by atoms with E-state index < -0.39 is 6.10 Å². The maximum absolute atomic E-state index is 13.7. The topological polar surface area (TPSA) is 70.1 Å². The number of aromatic nitrogens is 2. The number of nitrogen functional groups attached to an aromatic ring is 1. The number of nitrogens with zero attached hydrogens (tertiary/aromatic N) is 2. The molecule has 5 nitrogen and oxygen atoms in total. The highest BCUT2D eigenvalue weighted by Gasteiger charge is 2.19. The molecule has 2 N–H and O–H groups in total. The zero-order valence-electron chi connectivity index (χ0n) is 13.5. The number of ether oxygens (including phenoxy) is 1. The molecule has 0 radical (unpaired) electrons. The first-order valence-electron chi connectivity index (χ1n) is 7.61. The van der Waals surface area contributed by atoms with Crippen LogP contribution >= 0.6 is 0 Å². The Balaban J connectivity index is 2.04. The van der Waals surface area contributed by atoms with E-state index in [9.17, 15) is 9.18 Å². The molecule has 6 heteroatoms. The normalized spacial score (nSPS) is 12.3. The Kier molecular flexibility index (Phi) is 4.20. The molecule has 0 saturated heterocycles. The SMILES string of the molecule is CC(=O)OC(C)c1nn(Cc2ccc(N)cc2)c2cc(F)ccc12. The van der Waals surface area contributed by atoms with Crippen molar-refractivity contribution in [3.8, 4) is 0 Å². The number of carbonyl (C=O) groups is 1. The summed E-state index contributed by atoms with van der Waals surface area (Å²) in [6.07, 6.45) is -0.511. The molecular weight excluding hydrogens is 309 g/mol. The molecule has 1 atom stereocenters. The van der Waals surface area contributed by atoms with Gasteiger partial charge in [0.15, 0.2) is 0 Å². The van der Waals surface area contributed by atoms with Crippen molar-refractivity contribution in [3.05, 3.63) is 59.5 Å². The minimum absolute atomic E-state index is 0.340. The molecule has 0 saturated carbocycles. The van der Waals surface area contributed by atoms with Gasteiger partial charge in [0.2, 0.25) is 0 Å². The molecule has 1 heterocycles. The molecule has 2 aromatic carbocycles. The van der Waals surface area contributed by atoms with E-state index in [0.29, 0.717) is 23.4 Å². The monoisotopic (exact) mass is 327 g/mol. The van der Waals surface area contributed by atoms with E-state index in [2.05, 4.69) is 5.10 Å². The average molecular weight is 327 g/mol. The Morgan fingerprint density at radius 3 is 2.67 bits per heavy atom. The molecule has 3 aromatic rings. The minimum atomic E-state index is -0.511. The first kappa shape index (κ1) is 16.0. The summed E-state index contributed by atoms with van der Waals surface area (Å²) in [5.74, 6) is -0.724. The molecule has 124 valence electrons. The zero-order chi connectivity index (χ0) is 17.3. The van der Waals surface area contributed by atoms with Crippen LogP contribution in [0.3, 0.4) is 0 Å². The van der Waals surface area contributed by atoms with Crippen LogP contribution in [0.5, 0.6) is 0 Å². The third-order valence-electron chi connectivity index (χ3n) is 3.78. The van der Waals surface area contributed by atoms with Crippen molar-refractivity contribution in [2.75, 3.05) is 5.73 Å². The number of rotatable bonds is 4. The summed E-state index contributed by atoms with van der Waals surface area (Å²) in [7, 11) is 0. The Bertz CT molecular complexity index is 887. The molecule has 24 heavy (non-hydrogen) atoms. The predicted molar refractivity (Wildman–Crippen MR) is 89.8 cm³/mol. The van der Waals surface area contributed by atoms with Gasteiger partial charge in [-0.15, -0.1) is 0 Å². The van der Waals surface area contributed by atoms with Crippen molar-refractivity contribution >= 4 is 22.6 Å². The van der Waals surface area contributed by atoms with Crippen molar-refractivity contribution in [2.24, 2.45) is 0 Å². The maximum Gasteiger partial charge on any atom is 0.303 e. The van der Waals surface area contributed by atoms with Gasteiger partial charge in [-0.3, -0.25) is 9.48 Å².